The number of rotatable bonds is 3. The summed E-state index contributed by atoms with van der Waals surface area (Å²) < 4.78 is 13.3. The molecule has 1 aromatic heterocycles. The highest BCUT2D eigenvalue weighted by molar-refractivity contribution is 7.99. The third-order valence-corrected chi connectivity index (χ3v) is 3.51. The molecule has 0 N–H and O–H groups in total. The Kier molecular flexibility index (Phi) is 2.66. The summed E-state index contributed by atoms with van der Waals surface area (Å²) >= 11 is 1.42. The molecule has 0 aliphatic heterocycles. The van der Waals surface area contributed by atoms with Crippen molar-refractivity contribution in [3.8, 4) is 6.07 Å². The largest absolute Gasteiger partial charge is 0.227 e. The minimum absolute atomic E-state index is 0.371. The normalized spacial score (nSPS) is 17.1. The van der Waals surface area contributed by atoms with E-state index in [2.05, 4.69) is 11.1 Å². The molecule has 1 aliphatic carbocycles. The Morgan fingerprint density at radius 3 is 2.93 bits per heavy atom. The molecule has 0 unspecified atom stereocenters. The Labute approximate surface area is 92.5 Å². The van der Waals surface area contributed by atoms with E-state index < -0.39 is 5.95 Å². The van der Waals surface area contributed by atoms with Gasteiger partial charge in [-0.15, -0.1) is 11.8 Å². The lowest BCUT2D eigenvalue weighted by Crippen LogP contribution is -2.04. The predicted molar refractivity (Wildman–Crippen MR) is 57.1 cm³/mol. The number of nitrogens with zero attached hydrogens (tertiary/aromatic N) is 2. The van der Waals surface area contributed by atoms with Gasteiger partial charge in [-0.25, -0.2) is 4.98 Å². The SMILES string of the molecule is CCSc1cc(C2(C#N)CC2)cnc1F. The van der Waals surface area contributed by atoms with Gasteiger partial charge in [-0.05, 0) is 30.2 Å². The zero-order valence-corrected chi connectivity index (χ0v) is 9.27. The molecule has 4 heteroatoms. The average molecular weight is 222 g/mol. The van der Waals surface area contributed by atoms with Crippen LogP contribution in [0.15, 0.2) is 17.2 Å². The molecule has 1 saturated carbocycles. The van der Waals surface area contributed by atoms with E-state index in [0.29, 0.717) is 4.90 Å². The lowest BCUT2D eigenvalue weighted by Gasteiger charge is -2.07. The van der Waals surface area contributed by atoms with Crippen molar-refractivity contribution in [2.75, 3.05) is 5.75 Å². The van der Waals surface area contributed by atoms with Crippen LogP contribution in [0, 0.1) is 17.3 Å². The zero-order chi connectivity index (χ0) is 10.9. The van der Waals surface area contributed by atoms with Crippen molar-refractivity contribution in [2.24, 2.45) is 0 Å². The molecule has 1 heterocycles. The molecule has 0 radical (unpaired) electrons. The fourth-order valence-electron chi connectivity index (χ4n) is 1.54. The van der Waals surface area contributed by atoms with Gasteiger partial charge in [-0.1, -0.05) is 6.92 Å². The van der Waals surface area contributed by atoms with E-state index in [1.54, 1.807) is 6.07 Å². The van der Waals surface area contributed by atoms with Gasteiger partial charge >= 0.3 is 0 Å². The minimum Gasteiger partial charge on any atom is -0.227 e. The smallest absolute Gasteiger partial charge is 0.226 e. The highest BCUT2D eigenvalue weighted by atomic mass is 32.2. The van der Waals surface area contributed by atoms with Crippen molar-refractivity contribution >= 4 is 11.8 Å². The van der Waals surface area contributed by atoms with E-state index in [4.69, 9.17) is 5.26 Å². The Morgan fingerprint density at radius 2 is 2.40 bits per heavy atom. The first-order valence-corrected chi connectivity index (χ1v) is 5.90. The van der Waals surface area contributed by atoms with Crippen molar-refractivity contribution in [1.82, 2.24) is 4.98 Å². The van der Waals surface area contributed by atoms with E-state index in [9.17, 15) is 4.39 Å². The molecule has 15 heavy (non-hydrogen) atoms. The Morgan fingerprint density at radius 1 is 1.67 bits per heavy atom. The summed E-state index contributed by atoms with van der Waals surface area (Å²) in [5.41, 5.74) is 0.492. The van der Waals surface area contributed by atoms with Crippen LogP contribution in [-0.2, 0) is 5.41 Å². The molecule has 2 nitrogen and oxygen atoms in total. The monoisotopic (exact) mass is 222 g/mol. The maximum Gasteiger partial charge on any atom is 0.226 e. The average Bonchev–Trinajstić information content (AvgIpc) is 3.02. The molecule has 0 spiro atoms. The first kappa shape index (κ1) is 10.4. The summed E-state index contributed by atoms with van der Waals surface area (Å²) in [6.45, 7) is 1.97. The third-order valence-electron chi connectivity index (χ3n) is 2.62. The van der Waals surface area contributed by atoms with Gasteiger partial charge in [0, 0.05) is 6.20 Å². The zero-order valence-electron chi connectivity index (χ0n) is 8.46. The number of aromatic nitrogens is 1. The number of halogens is 1. The molecule has 1 fully saturated rings. The Bertz CT molecular complexity index is 421. The quantitative estimate of drug-likeness (QED) is 0.583. The first-order valence-electron chi connectivity index (χ1n) is 4.92. The molecule has 1 aliphatic rings. The second kappa shape index (κ2) is 3.82. The van der Waals surface area contributed by atoms with Crippen LogP contribution in [0.3, 0.4) is 0 Å². The Balaban J connectivity index is 2.35. The summed E-state index contributed by atoms with van der Waals surface area (Å²) in [6.07, 6.45) is 3.23. The third kappa shape index (κ3) is 1.84. The maximum absolute atomic E-state index is 13.3. The summed E-state index contributed by atoms with van der Waals surface area (Å²) in [6, 6.07) is 4.06. The van der Waals surface area contributed by atoms with Gasteiger partial charge in [0.25, 0.3) is 0 Å². The molecule has 0 amide bonds. The topological polar surface area (TPSA) is 36.7 Å². The van der Waals surface area contributed by atoms with E-state index in [1.165, 1.54) is 18.0 Å². The lowest BCUT2D eigenvalue weighted by atomic mass is 10.0. The van der Waals surface area contributed by atoms with Crippen LogP contribution in [0.25, 0.3) is 0 Å². The summed E-state index contributed by atoms with van der Waals surface area (Å²) in [5.74, 6) is 0.376. The standard InChI is InChI=1S/C11H11FN2S/c1-2-15-9-5-8(6-14-10(9)12)11(7-13)3-4-11/h5-6H,2-4H2,1H3. The summed E-state index contributed by atoms with van der Waals surface area (Å²) in [5, 5.41) is 9.02. The van der Waals surface area contributed by atoms with Crippen molar-refractivity contribution in [3.63, 3.8) is 0 Å². The summed E-state index contributed by atoms with van der Waals surface area (Å²) in [7, 11) is 0. The summed E-state index contributed by atoms with van der Waals surface area (Å²) in [4.78, 5) is 4.27. The number of thioether (sulfide) groups is 1. The molecule has 78 valence electrons. The van der Waals surface area contributed by atoms with Gasteiger partial charge in [0.05, 0.1) is 16.4 Å². The van der Waals surface area contributed by atoms with Crippen molar-refractivity contribution < 1.29 is 4.39 Å². The molecular weight excluding hydrogens is 211 g/mol. The highest BCUT2D eigenvalue weighted by Crippen LogP contribution is 2.47. The molecule has 2 rings (SSSR count). The van der Waals surface area contributed by atoms with Gasteiger partial charge in [0.2, 0.25) is 5.95 Å². The van der Waals surface area contributed by atoms with Gasteiger partial charge in [-0.3, -0.25) is 0 Å². The van der Waals surface area contributed by atoms with Crippen LogP contribution in [0.4, 0.5) is 4.39 Å². The van der Waals surface area contributed by atoms with Gasteiger partial charge < -0.3 is 0 Å². The van der Waals surface area contributed by atoms with E-state index in [0.717, 1.165) is 24.2 Å². The first-order chi connectivity index (χ1) is 7.22. The van der Waals surface area contributed by atoms with Crippen LogP contribution in [0.5, 0.6) is 0 Å². The number of nitriles is 1. The van der Waals surface area contributed by atoms with Crippen molar-refractivity contribution in [1.29, 1.82) is 5.26 Å². The number of pyridine rings is 1. The van der Waals surface area contributed by atoms with E-state index >= 15 is 0 Å². The van der Waals surface area contributed by atoms with E-state index in [1.807, 2.05) is 6.92 Å². The van der Waals surface area contributed by atoms with Crippen molar-refractivity contribution in [3.05, 3.63) is 23.8 Å². The molecule has 0 bridgehead atoms. The molecule has 1 aromatic rings. The maximum atomic E-state index is 13.3. The number of hydrogen-bond donors (Lipinski definition) is 0. The van der Waals surface area contributed by atoms with Gasteiger partial charge in [0.1, 0.15) is 0 Å². The Hall–Kier alpha value is -1.08. The molecular formula is C11H11FN2S. The molecule has 0 aromatic carbocycles. The molecule has 0 atom stereocenters. The van der Waals surface area contributed by atoms with E-state index in [-0.39, 0.29) is 5.41 Å². The highest BCUT2D eigenvalue weighted by Gasteiger charge is 2.45. The predicted octanol–water partition coefficient (Wildman–Crippen LogP) is 2.89. The van der Waals surface area contributed by atoms with Crippen LogP contribution < -0.4 is 0 Å². The van der Waals surface area contributed by atoms with Crippen LogP contribution in [-0.4, -0.2) is 10.7 Å². The van der Waals surface area contributed by atoms with Crippen LogP contribution in [0.2, 0.25) is 0 Å². The van der Waals surface area contributed by atoms with Gasteiger partial charge in [0.15, 0.2) is 0 Å². The lowest BCUT2D eigenvalue weighted by molar-refractivity contribution is 0.554. The fourth-order valence-corrected chi connectivity index (χ4v) is 2.23. The minimum atomic E-state index is -0.431. The second-order valence-electron chi connectivity index (χ2n) is 3.64. The second-order valence-corrected chi connectivity index (χ2v) is 4.95. The van der Waals surface area contributed by atoms with Crippen molar-refractivity contribution in [2.45, 2.75) is 30.1 Å². The number of hydrogen-bond acceptors (Lipinski definition) is 3. The van der Waals surface area contributed by atoms with Crippen LogP contribution in [0.1, 0.15) is 25.3 Å². The van der Waals surface area contributed by atoms with Crippen LogP contribution >= 0.6 is 11.8 Å². The molecule has 0 saturated heterocycles. The fraction of sp³-hybridized carbons (Fsp3) is 0.455. The van der Waals surface area contributed by atoms with Gasteiger partial charge in [-0.2, -0.15) is 9.65 Å².